The third kappa shape index (κ3) is 1.66. The average Bonchev–Trinajstić information content (AvgIpc) is 2.32. The number of anilines is 1. The Kier molecular flexibility index (Phi) is 2.30. The Hall–Kier alpha value is -2.28. The first-order valence-corrected chi connectivity index (χ1v) is 5.69. The van der Waals surface area contributed by atoms with Crippen LogP contribution >= 0.6 is 0 Å². The fraction of sp³-hybridized carbons (Fsp3) is 0. The number of benzene rings is 2. The van der Waals surface area contributed by atoms with Gasteiger partial charge >= 0.3 is 0 Å². The van der Waals surface area contributed by atoms with E-state index >= 15 is 0 Å². The zero-order valence-corrected chi connectivity index (χ0v) is 9.43. The summed E-state index contributed by atoms with van der Waals surface area (Å²) in [5.74, 6) is 0. The molecule has 1 aliphatic carbocycles. The molecule has 2 N–H and O–H groups in total. The molecule has 0 amide bonds. The van der Waals surface area contributed by atoms with Gasteiger partial charge in [0.05, 0.1) is 0 Å². The van der Waals surface area contributed by atoms with Gasteiger partial charge in [-0.2, -0.15) is 0 Å². The van der Waals surface area contributed by atoms with Crippen LogP contribution in [0.1, 0.15) is 0 Å². The van der Waals surface area contributed by atoms with Gasteiger partial charge in [-0.3, -0.25) is 0 Å². The van der Waals surface area contributed by atoms with E-state index in [9.17, 15) is 0 Å². The van der Waals surface area contributed by atoms with Crippen LogP contribution < -0.4 is 16.2 Å². The third-order valence-electron chi connectivity index (χ3n) is 3.02. The average molecular weight is 219 g/mol. The second kappa shape index (κ2) is 3.95. The van der Waals surface area contributed by atoms with Crippen molar-refractivity contribution in [2.24, 2.45) is 0 Å². The van der Waals surface area contributed by atoms with Crippen molar-refractivity contribution in [3.05, 3.63) is 75.5 Å². The van der Waals surface area contributed by atoms with Crippen LogP contribution in [0.15, 0.2) is 54.6 Å². The van der Waals surface area contributed by atoms with Gasteiger partial charge in [0.15, 0.2) is 0 Å². The van der Waals surface area contributed by atoms with Crippen LogP contribution in [0, 0.1) is 10.4 Å². The van der Waals surface area contributed by atoms with E-state index in [-0.39, 0.29) is 0 Å². The highest BCUT2D eigenvalue weighted by Gasteiger charge is 1.95. The Morgan fingerprint density at radius 1 is 0.706 bits per heavy atom. The quantitative estimate of drug-likeness (QED) is 0.670. The zero-order valence-electron chi connectivity index (χ0n) is 9.43. The van der Waals surface area contributed by atoms with Crippen LogP contribution in [0.5, 0.6) is 0 Å². The second-order valence-corrected chi connectivity index (χ2v) is 4.12. The van der Waals surface area contributed by atoms with Crippen LogP contribution in [0.25, 0.3) is 12.2 Å². The SMILES string of the molecule is Nc1cccc2c1=c1ccccc1=CC=CC=2. The minimum Gasteiger partial charge on any atom is -0.398 e. The molecular formula is C16H13N. The Morgan fingerprint density at radius 3 is 2.29 bits per heavy atom. The Balaban J connectivity index is 2.78. The molecule has 2 aromatic carbocycles. The highest BCUT2D eigenvalue weighted by atomic mass is 14.5. The lowest BCUT2D eigenvalue weighted by molar-refractivity contribution is 1.40. The minimum atomic E-state index is 0.829. The van der Waals surface area contributed by atoms with Gasteiger partial charge in [0.1, 0.15) is 0 Å². The summed E-state index contributed by atoms with van der Waals surface area (Å²) < 4.78 is 0. The van der Waals surface area contributed by atoms with Gasteiger partial charge in [0.25, 0.3) is 0 Å². The predicted molar refractivity (Wildman–Crippen MR) is 72.3 cm³/mol. The highest BCUT2D eigenvalue weighted by Crippen LogP contribution is 2.01. The summed E-state index contributed by atoms with van der Waals surface area (Å²) in [6.45, 7) is 0. The third-order valence-corrected chi connectivity index (χ3v) is 3.02. The molecule has 0 saturated carbocycles. The molecule has 17 heavy (non-hydrogen) atoms. The van der Waals surface area contributed by atoms with Crippen molar-refractivity contribution in [1.29, 1.82) is 0 Å². The summed E-state index contributed by atoms with van der Waals surface area (Å²) in [5.41, 5.74) is 6.95. The molecule has 0 spiro atoms. The molecule has 1 nitrogen and oxygen atoms in total. The molecule has 0 atom stereocenters. The van der Waals surface area contributed by atoms with Crippen molar-refractivity contribution in [3.63, 3.8) is 0 Å². The van der Waals surface area contributed by atoms with E-state index in [1.807, 2.05) is 30.3 Å². The fourth-order valence-corrected chi connectivity index (χ4v) is 2.23. The topological polar surface area (TPSA) is 26.0 Å². The maximum Gasteiger partial charge on any atom is 0.0400 e. The zero-order chi connectivity index (χ0) is 11.7. The predicted octanol–water partition coefficient (Wildman–Crippen LogP) is 1.69. The summed E-state index contributed by atoms with van der Waals surface area (Å²) in [4.78, 5) is 0. The van der Waals surface area contributed by atoms with Crippen LogP contribution in [0.2, 0.25) is 0 Å². The van der Waals surface area contributed by atoms with Gasteiger partial charge in [0, 0.05) is 10.9 Å². The Labute approximate surface area is 99.5 Å². The Morgan fingerprint density at radius 2 is 1.41 bits per heavy atom. The van der Waals surface area contributed by atoms with Crippen molar-refractivity contribution in [2.45, 2.75) is 0 Å². The fourth-order valence-electron chi connectivity index (χ4n) is 2.23. The largest absolute Gasteiger partial charge is 0.398 e. The van der Waals surface area contributed by atoms with Gasteiger partial charge in [-0.15, -0.1) is 0 Å². The second-order valence-electron chi connectivity index (χ2n) is 4.12. The first kappa shape index (κ1) is 9.91. The number of nitrogen functional groups attached to an aromatic ring is 1. The summed E-state index contributed by atoms with van der Waals surface area (Å²) in [7, 11) is 0. The molecule has 0 unspecified atom stereocenters. The van der Waals surface area contributed by atoms with Crippen molar-refractivity contribution in [2.75, 3.05) is 5.73 Å². The number of hydrogen-bond acceptors (Lipinski definition) is 1. The molecule has 1 heteroatoms. The van der Waals surface area contributed by atoms with Crippen LogP contribution in [-0.4, -0.2) is 0 Å². The molecule has 0 fully saturated rings. The lowest BCUT2D eigenvalue weighted by atomic mass is 10.1. The molecule has 0 bridgehead atoms. The number of nitrogens with two attached hydrogens (primary N) is 1. The summed E-state index contributed by atoms with van der Waals surface area (Å²) >= 11 is 0. The van der Waals surface area contributed by atoms with Crippen molar-refractivity contribution in [1.82, 2.24) is 0 Å². The molecule has 0 heterocycles. The monoisotopic (exact) mass is 219 g/mol. The van der Waals surface area contributed by atoms with E-state index in [0.29, 0.717) is 0 Å². The lowest BCUT2D eigenvalue weighted by Gasteiger charge is -1.99. The first-order valence-electron chi connectivity index (χ1n) is 5.69. The lowest BCUT2D eigenvalue weighted by Crippen LogP contribution is -2.12. The molecule has 3 rings (SSSR count). The van der Waals surface area contributed by atoms with E-state index in [0.717, 1.165) is 10.9 Å². The van der Waals surface area contributed by atoms with Crippen molar-refractivity contribution >= 4 is 17.8 Å². The van der Waals surface area contributed by atoms with Gasteiger partial charge in [-0.25, -0.2) is 0 Å². The van der Waals surface area contributed by atoms with Crippen LogP contribution in [0.3, 0.4) is 0 Å². The van der Waals surface area contributed by atoms with E-state index in [1.165, 1.54) is 15.7 Å². The minimum absolute atomic E-state index is 0.829. The molecule has 2 aromatic rings. The number of allylic oxidation sites excluding steroid dienone is 2. The number of hydrogen-bond donors (Lipinski definition) is 1. The van der Waals surface area contributed by atoms with E-state index in [2.05, 4.69) is 36.4 Å². The smallest absolute Gasteiger partial charge is 0.0400 e. The van der Waals surface area contributed by atoms with Gasteiger partial charge < -0.3 is 5.73 Å². The highest BCUT2D eigenvalue weighted by molar-refractivity contribution is 5.53. The maximum absolute atomic E-state index is 6.12. The van der Waals surface area contributed by atoms with Crippen LogP contribution in [-0.2, 0) is 0 Å². The van der Waals surface area contributed by atoms with E-state index in [1.54, 1.807) is 0 Å². The molecule has 82 valence electrons. The summed E-state index contributed by atoms with van der Waals surface area (Å²) in [6.07, 6.45) is 8.32. The summed E-state index contributed by atoms with van der Waals surface area (Å²) in [6, 6.07) is 14.4. The van der Waals surface area contributed by atoms with Crippen LogP contribution in [0.4, 0.5) is 5.69 Å². The Bertz CT molecular complexity index is 798. The summed E-state index contributed by atoms with van der Waals surface area (Å²) in [5, 5.41) is 4.70. The maximum atomic E-state index is 6.12. The van der Waals surface area contributed by atoms with Crippen molar-refractivity contribution in [3.8, 4) is 0 Å². The molecule has 0 aliphatic heterocycles. The first-order chi connectivity index (χ1) is 8.36. The van der Waals surface area contributed by atoms with Gasteiger partial charge in [-0.05, 0) is 21.7 Å². The molecule has 0 aromatic heterocycles. The van der Waals surface area contributed by atoms with E-state index < -0.39 is 0 Å². The van der Waals surface area contributed by atoms with E-state index in [4.69, 9.17) is 5.73 Å². The molecule has 0 saturated heterocycles. The number of fused-ring (bicyclic) bond motifs is 2. The molecule has 1 aliphatic rings. The van der Waals surface area contributed by atoms with Gasteiger partial charge in [0.2, 0.25) is 0 Å². The molecule has 0 radical (unpaired) electrons. The standard InChI is InChI=1S/C16H13N/c17-15-11-5-9-13-8-2-1-6-12-7-3-4-10-14(12)16(13)15/h1-11H,17H2. The van der Waals surface area contributed by atoms with Gasteiger partial charge in [-0.1, -0.05) is 60.7 Å². The normalized spacial score (nSPS) is 12.5. The van der Waals surface area contributed by atoms with Crippen molar-refractivity contribution < 1.29 is 0 Å². The number of rotatable bonds is 0. The molecular weight excluding hydrogens is 206 g/mol.